The number of hydrogen-bond acceptors (Lipinski definition) is 4. The molecule has 0 bridgehead atoms. The fraction of sp³-hybridized carbons (Fsp3) is 0.778. The quantitative estimate of drug-likeness (QED) is 0.591. The number of hydrogen-bond donors (Lipinski definition) is 1. The second-order valence-corrected chi connectivity index (χ2v) is 6.05. The number of thioether (sulfide) groups is 1. The van der Waals surface area contributed by atoms with E-state index in [4.69, 9.17) is 0 Å². The van der Waals surface area contributed by atoms with Crippen molar-refractivity contribution >= 4 is 44.0 Å². The monoisotopic (exact) mass is 340 g/mol. The van der Waals surface area contributed by atoms with Crippen molar-refractivity contribution in [1.29, 1.82) is 0 Å². The van der Waals surface area contributed by atoms with Crippen LogP contribution in [0.3, 0.4) is 0 Å². The Morgan fingerprint density at radius 3 is 2.93 bits per heavy atom. The number of amides is 1. The molecule has 0 radical (unpaired) electrons. The van der Waals surface area contributed by atoms with Gasteiger partial charge in [-0.1, -0.05) is 0 Å². The highest BCUT2D eigenvalue weighted by Gasteiger charge is 2.45. The lowest BCUT2D eigenvalue weighted by atomic mass is 10.0. The summed E-state index contributed by atoms with van der Waals surface area (Å²) in [7, 11) is 1.80. The number of fused-ring (bicyclic) bond motifs is 1. The predicted molar refractivity (Wildman–Crippen MR) is 68.0 cm³/mol. The first-order valence-electron chi connectivity index (χ1n) is 4.95. The molecule has 2 rings (SSSR count). The summed E-state index contributed by atoms with van der Waals surface area (Å²) in [6, 6.07) is -0.303. The van der Waals surface area contributed by atoms with Crippen molar-refractivity contribution in [1.82, 2.24) is 10.2 Å². The van der Waals surface area contributed by atoms with Gasteiger partial charge in [-0.05, 0) is 19.9 Å². The Balaban J connectivity index is 2.18. The number of halogens is 1. The van der Waals surface area contributed by atoms with Crippen LogP contribution >= 0.6 is 34.4 Å². The molecule has 0 saturated carbocycles. The molecular weight excluding hydrogens is 327 g/mol. The Morgan fingerprint density at radius 2 is 2.33 bits per heavy atom. The molecule has 84 valence electrons. The molecule has 0 spiro atoms. The molecule has 1 amide bonds. The van der Waals surface area contributed by atoms with Crippen LogP contribution in [0.2, 0.25) is 0 Å². The molecule has 1 N–H and O–H groups in total. The molecule has 1 unspecified atom stereocenters. The van der Waals surface area contributed by atoms with E-state index < -0.39 is 0 Å². The van der Waals surface area contributed by atoms with E-state index in [0.29, 0.717) is 0 Å². The minimum absolute atomic E-state index is 0.0766. The minimum atomic E-state index is -0.204. The fourth-order valence-electron chi connectivity index (χ4n) is 2.14. The summed E-state index contributed by atoms with van der Waals surface area (Å²) in [4.78, 5) is 25.2. The summed E-state index contributed by atoms with van der Waals surface area (Å²) in [6.07, 6.45) is 1.87. The van der Waals surface area contributed by atoms with Crippen LogP contribution in [0.5, 0.6) is 0 Å². The average Bonchev–Trinajstić information content (AvgIpc) is 2.63. The van der Waals surface area contributed by atoms with E-state index in [1.807, 2.05) is 0 Å². The summed E-state index contributed by atoms with van der Waals surface area (Å²) in [5.74, 6) is 0.850. The van der Waals surface area contributed by atoms with Gasteiger partial charge in [0.05, 0.1) is 11.4 Å². The molecule has 6 heteroatoms. The smallest absolute Gasteiger partial charge is 0.241 e. The standard InChI is InChI=1S/C9H13IN2O2S/c1-11-5-2-3-7-12(9(5)14)6(4-15-7)8(10)13/h5-7,11H,2-4H2,1H3/t5-,6-,7?/m0/s1. The molecule has 0 aliphatic carbocycles. The molecule has 3 atom stereocenters. The van der Waals surface area contributed by atoms with Gasteiger partial charge in [-0.3, -0.25) is 9.59 Å². The van der Waals surface area contributed by atoms with E-state index in [0.717, 1.165) is 18.6 Å². The zero-order valence-corrected chi connectivity index (χ0v) is 11.4. The number of piperidine rings is 1. The van der Waals surface area contributed by atoms with Crippen molar-refractivity contribution in [3.63, 3.8) is 0 Å². The van der Waals surface area contributed by atoms with Gasteiger partial charge in [-0.15, -0.1) is 11.8 Å². The zero-order chi connectivity index (χ0) is 11.0. The van der Waals surface area contributed by atoms with Crippen LogP contribution < -0.4 is 5.32 Å². The highest BCUT2D eigenvalue weighted by Crippen LogP contribution is 2.37. The third kappa shape index (κ3) is 2.03. The lowest BCUT2D eigenvalue weighted by Crippen LogP contribution is -2.55. The minimum Gasteiger partial charge on any atom is -0.318 e. The first-order valence-corrected chi connectivity index (χ1v) is 7.08. The summed E-state index contributed by atoms with van der Waals surface area (Å²) in [6.45, 7) is 0. The number of nitrogens with zero attached hydrogens (tertiary/aromatic N) is 1. The van der Waals surface area contributed by atoms with Gasteiger partial charge in [-0.2, -0.15) is 0 Å². The van der Waals surface area contributed by atoms with Gasteiger partial charge in [0.15, 0.2) is 0 Å². The van der Waals surface area contributed by atoms with E-state index in [-0.39, 0.29) is 27.2 Å². The maximum absolute atomic E-state index is 12.0. The van der Waals surface area contributed by atoms with Crippen LogP contribution in [0.4, 0.5) is 0 Å². The lowest BCUT2D eigenvalue weighted by molar-refractivity contribution is -0.140. The van der Waals surface area contributed by atoms with Crippen LogP contribution in [-0.2, 0) is 9.59 Å². The van der Waals surface area contributed by atoms with Gasteiger partial charge < -0.3 is 10.2 Å². The van der Waals surface area contributed by atoms with E-state index >= 15 is 0 Å². The summed E-state index contributed by atoms with van der Waals surface area (Å²) >= 11 is 3.53. The SMILES string of the molecule is CN[C@H]1CCC2SC[C@@H](C(=O)I)N2C1=O. The van der Waals surface area contributed by atoms with E-state index in [1.165, 1.54) is 0 Å². The largest absolute Gasteiger partial charge is 0.318 e. The molecular formula is C9H13IN2O2S. The average molecular weight is 340 g/mol. The Bertz CT molecular complexity index is 300. The third-order valence-electron chi connectivity index (χ3n) is 2.96. The van der Waals surface area contributed by atoms with Crippen LogP contribution in [0.25, 0.3) is 0 Å². The fourth-order valence-corrected chi connectivity index (χ4v) is 4.39. The Labute approximate surface area is 107 Å². The molecule has 2 heterocycles. The molecule has 0 aromatic heterocycles. The normalized spacial score (nSPS) is 35.5. The molecule has 2 fully saturated rings. The van der Waals surface area contributed by atoms with Crippen molar-refractivity contribution in [3.05, 3.63) is 0 Å². The second kappa shape index (κ2) is 4.58. The highest BCUT2D eigenvalue weighted by molar-refractivity contribution is 14.1. The topological polar surface area (TPSA) is 49.4 Å². The van der Waals surface area contributed by atoms with Gasteiger partial charge in [0, 0.05) is 28.3 Å². The summed E-state index contributed by atoms with van der Waals surface area (Å²) in [5, 5.41) is 3.24. The van der Waals surface area contributed by atoms with Crippen molar-refractivity contribution in [2.45, 2.75) is 30.3 Å². The van der Waals surface area contributed by atoms with Crippen LogP contribution in [-0.4, -0.2) is 44.9 Å². The number of carbonyl (C=O) groups excluding carboxylic acids is 2. The summed E-state index contributed by atoms with van der Waals surface area (Å²) in [5.41, 5.74) is 0. The van der Waals surface area contributed by atoms with Gasteiger partial charge >= 0.3 is 0 Å². The summed E-state index contributed by atoms with van der Waals surface area (Å²) < 4.78 is 0.0766. The van der Waals surface area contributed by atoms with Crippen molar-refractivity contribution < 1.29 is 9.59 Å². The predicted octanol–water partition coefficient (Wildman–Crippen LogP) is 0.600. The van der Waals surface area contributed by atoms with Crippen LogP contribution in [0.15, 0.2) is 0 Å². The van der Waals surface area contributed by atoms with Crippen molar-refractivity contribution in [2.24, 2.45) is 0 Å². The molecule has 0 aromatic carbocycles. The number of rotatable bonds is 2. The molecule has 0 aromatic rings. The maximum Gasteiger partial charge on any atom is 0.241 e. The van der Waals surface area contributed by atoms with Gasteiger partial charge in [0.1, 0.15) is 6.04 Å². The maximum atomic E-state index is 12.0. The van der Waals surface area contributed by atoms with Gasteiger partial charge in [0.2, 0.25) is 9.70 Å². The Hall–Kier alpha value is 0.180. The Morgan fingerprint density at radius 1 is 1.60 bits per heavy atom. The molecule has 2 aliphatic heterocycles. The van der Waals surface area contributed by atoms with Crippen LogP contribution in [0.1, 0.15) is 12.8 Å². The van der Waals surface area contributed by atoms with Crippen molar-refractivity contribution in [3.8, 4) is 0 Å². The van der Waals surface area contributed by atoms with E-state index in [9.17, 15) is 9.59 Å². The first-order chi connectivity index (χ1) is 7.15. The van der Waals surface area contributed by atoms with E-state index in [2.05, 4.69) is 5.32 Å². The zero-order valence-electron chi connectivity index (χ0n) is 8.40. The second-order valence-electron chi connectivity index (χ2n) is 3.77. The Kier molecular flexibility index (Phi) is 3.56. The molecule has 4 nitrogen and oxygen atoms in total. The molecule has 2 aliphatic rings. The number of nitrogens with one attached hydrogen (secondary N) is 1. The number of likely N-dealkylation sites (N-methyl/N-ethyl adjacent to an activating group) is 1. The molecule has 15 heavy (non-hydrogen) atoms. The number of carbonyl (C=O) groups is 2. The molecule has 2 saturated heterocycles. The van der Waals surface area contributed by atoms with Gasteiger partial charge in [-0.25, -0.2) is 0 Å². The van der Waals surface area contributed by atoms with E-state index in [1.54, 1.807) is 46.3 Å². The van der Waals surface area contributed by atoms with Gasteiger partial charge in [0.25, 0.3) is 0 Å². The third-order valence-corrected chi connectivity index (χ3v) is 5.03. The highest BCUT2D eigenvalue weighted by atomic mass is 127. The first kappa shape index (κ1) is 11.7. The van der Waals surface area contributed by atoms with Crippen molar-refractivity contribution in [2.75, 3.05) is 12.8 Å². The van der Waals surface area contributed by atoms with Crippen LogP contribution in [0, 0.1) is 0 Å². The lowest BCUT2D eigenvalue weighted by Gasteiger charge is -2.36.